The Labute approximate surface area is 102 Å². The van der Waals surface area contributed by atoms with Crippen LogP contribution in [0.25, 0.3) is 0 Å². The Hall–Kier alpha value is -0.730. The molecule has 1 aliphatic carbocycles. The predicted molar refractivity (Wildman–Crippen MR) is 67.3 cm³/mol. The number of methoxy groups -OCH3 is 1. The van der Waals surface area contributed by atoms with Crippen LogP contribution < -0.4 is 10.5 Å². The maximum Gasteiger partial charge on any atom is 0.124 e. The number of nitrogens with two attached hydrogens (primary N) is 1. The SMILES string of the molecule is COc1cc(CC(C)N)cc(Cl)c1C1CC1. The van der Waals surface area contributed by atoms with Gasteiger partial charge < -0.3 is 10.5 Å². The first-order valence-electron chi connectivity index (χ1n) is 5.73. The summed E-state index contributed by atoms with van der Waals surface area (Å²) in [7, 11) is 1.70. The van der Waals surface area contributed by atoms with E-state index in [1.165, 1.54) is 18.4 Å². The summed E-state index contributed by atoms with van der Waals surface area (Å²) in [6, 6.07) is 4.25. The van der Waals surface area contributed by atoms with Crippen molar-refractivity contribution < 1.29 is 4.74 Å². The molecule has 88 valence electrons. The van der Waals surface area contributed by atoms with Crippen LogP contribution in [0.5, 0.6) is 5.75 Å². The highest BCUT2D eigenvalue weighted by molar-refractivity contribution is 6.31. The van der Waals surface area contributed by atoms with Gasteiger partial charge in [0, 0.05) is 16.6 Å². The lowest BCUT2D eigenvalue weighted by molar-refractivity contribution is 0.409. The van der Waals surface area contributed by atoms with E-state index < -0.39 is 0 Å². The second-order valence-corrected chi connectivity index (χ2v) is 5.06. The first-order valence-corrected chi connectivity index (χ1v) is 6.11. The van der Waals surface area contributed by atoms with E-state index in [0.717, 1.165) is 22.8 Å². The van der Waals surface area contributed by atoms with Crippen molar-refractivity contribution in [1.82, 2.24) is 0 Å². The van der Waals surface area contributed by atoms with Crippen LogP contribution in [0.2, 0.25) is 5.02 Å². The second kappa shape index (κ2) is 4.64. The molecule has 1 fully saturated rings. The Morgan fingerprint density at radius 3 is 2.69 bits per heavy atom. The number of rotatable bonds is 4. The van der Waals surface area contributed by atoms with Crippen molar-refractivity contribution in [1.29, 1.82) is 0 Å². The molecule has 3 heteroatoms. The molecule has 0 amide bonds. The van der Waals surface area contributed by atoms with E-state index in [1.807, 2.05) is 13.0 Å². The van der Waals surface area contributed by atoms with Gasteiger partial charge in [-0.15, -0.1) is 0 Å². The van der Waals surface area contributed by atoms with E-state index in [1.54, 1.807) is 7.11 Å². The van der Waals surface area contributed by atoms with Crippen molar-refractivity contribution in [3.63, 3.8) is 0 Å². The molecule has 0 spiro atoms. The van der Waals surface area contributed by atoms with E-state index in [-0.39, 0.29) is 6.04 Å². The molecule has 1 unspecified atom stereocenters. The molecule has 0 bridgehead atoms. The van der Waals surface area contributed by atoms with Crippen molar-refractivity contribution in [2.75, 3.05) is 7.11 Å². The third-order valence-electron chi connectivity index (χ3n) is 2.91. The van der Waals surface area contributed by atoms with Crippen LogP contribution in [0.1, 0.15) is 36.8 Å². The fraction of sp³-hybridized carbons (Fsp3) is 0.538. The summed E-state index contributed by atoms with van der Waals surface area (Å²) < 4.78 is 5.42. The van der Waals surface area contributed by atoms with Crippen molar-refractivity contribution in [3.8, 4) is 5.75 Å². The zero-order chi connectivity index (χ0) is 11.7. The molecule has 2 nitrogen and oxygen atoms in total. The summed E-state index contributed by atoms with van der Waals surface area (Å²) in [5, 5.41) is 0.831. The summed E-state index contributed by atoms with van der Waals surface area (Å²) in [6.45, 7) is 2.00. The highest BCUT2D eigenvalue weighted by Gasteiger charge is 2.29. The zero-order valence-electron chi connectivity index (χ0n) is 9.79. The van der Waals surface area contributed by atoms with E-state index in [9.17, 15) is 0 Å². The maximum absolute atomic E-state index is 6.31. The minimum atomic E-state index is 0.146. The number of hydrogen-bond acceptors (Lipinski definition) is 2. The molecule has 0 heterocycles. The van der Waals surface area contributed by atoms with E-state index in [4.69, 9.17) is 22.1 Å². The molecule has 2 rings (SSSR count). The first-order chi connectivity index (χ1) is 7.61. The molecule has 1 aromatic carbocycles. The first kappa shape index (κ1) is 11.7. The molecular formula is C13H18ClNO. The average Bonchev–Trinajstić information content (AvgIpc) is 2.99. The van der Waals surface area contributed by atoms with Crippen molar-refractivity contribution in [3.05, 3.63) is 28.3 Å². The Bertz CT molecular complexity index is 386. The molecule has 16 heavy (non-hydrogen) atoms. The third kappa shape index (κ3) is 2.50. The van der Waals surface area contributed by atoms with E-state index >= 15 is 0 Å². The lowest BCUT2D eigenvalue weighted by Crippen LogP contribution is -2.17. The quantitative estimate of drug-likeness (QED) is 0.876. The van der Waals surface area contributed by atoms with Gasteiger partial charge in [0.25, 0.3) is 0 Å². The van der Waals surface area contributed by atoms with E-state index in [0.29, 0.717) is 5.92 Å². The van der Waals surface area contributed by atoms with Gasteiger partial charge in [-0.3, -0.25) is 0 Å². The lowest BCUT2D eigenvalue weighted by atomic mass is 10.0. The monoisotopic (exact) mass is 239 g/mol. The summed E-state index contributed by atoms with van der Waals surface area (Å²) >= 11 is 6.31. The second-order valence-electron chi connectivity index (χ2n) is 4.65. The smallest absolute Gasteiger partial charge is 0.124 e. The molecule has 1 atom stereocenters. The van der Waals surface area contributed by atoms with Crippen molar-refractivity contribution >= 4 is 11.6 Å². The summed E-state index contributed by atoms with van der Waals surface area (Å²) in [5.41, 5.74) is 8.12. The normalized spacial score (nSPS) is 17.2. The minimum absolute atomic E-state index is 0.146. The molecule has 1 aliphatic rings. The topological polar surface area (TPSA) is 35.2 Å². The van der Waals surface area contributed by atoms with Gasteiger partial charge in [-0.25, -0.2) is 0 Å². The zero-order valence-corrected chi connectivity index (χ0v) is 10.6. The number of halogens is 1. The van der Waals surface area contributed by atoms with Crippen LogP contribution >= 0.6 is 11.6 Å². The van der Waals surface area contributed by atoms with Gasteiger partial charge in [-0.05, 0) is 49.8 Å². The molecule has 1 aromatic rings. The third-order valence-corrected chi connectivity index (χ3v) is 3.23. The maximum atomic E-state index is 6.31. The Morgan fingerprint density at radius 1 is 1.50 bits per heavy atom. The van der Waals surface area contributed by atoms with Crippen LogP contribution in [0.4, 0.5) is 0 Å². The Balaban J connectivity index is 2.34. The summed E-state index contributed by atoms with van der Waals surface area (Å²) in [5.74, 6) is 1.53. The highest BCUT2D eigenvalue weighted by atomic mass is 35.5. The molecule has 1 saturated carbocycles. The minimum Gasteiger partial charge on any atom is -0.496 e. The van der Waals surface area contributed by atoms with Crippen LogP contribution in [0.15, 0.2) is 12.1 Å². The van der Waals surface area contributed by atoms with Gasteiger partial charge in [-0.2, -0.15) is 0 Å². The number of hydrogen-bond donors (Lipinski definition) is 1. The standard InChI is InChI=1S/C13H18ClNO/c1-8(15)5-9-6-11(14)13(10-3-4-10)12(7-9)16-2/h6-8,10H,3-5,15H2,1-2H3. The van der Waals surface area contributed by atoms with Crippen LogP contribution in [0.3, 0.4) is 0 Å². The molecular weight excluding hydrogens is 222 g/mol. The van der Waals surface area contributed by atoms with Gasteiger partial charge in [0.2, 0.25) is 0 Å². The highest BCUT2D eigenvalue weighted by Crippen LogP contribution is 2.47. The van der Waals surface area contributed by atoms with Crippen molar-refractivity contribution in [2.45, 2.75) is 38.1 Å². The fourth-order valence-corrected chi connectivity index (χ4v) is 2.46. The summed E-state index contributed by atoms with van der Waals surface area (Å²) in [4.78, 5) is 0. The van der Waals surface area contributed by atoms with Crippen molar-refractivity contribution in [2.24, 2.45) is 5.73 Å². The van der Waals surface area contributed by atoms with E-state index in [2.05, 4.69) is 6.07 Å². The van der Waals surface area contributed by atoms with Crippen LogP contribution in [0, 0.1) is 0 Å². The number of ether oxygens (including phenoxy) is 1. The van der Waals surface area contributed by atoms with Crippen LogP contribution in [-0.4, -0.2) is 13.2 Å². The molecule has 0 aromatic heterocycles. The molecule has 2 N–H and O–H groups in total. The van der Waals surface area contributed by atoms with Gasteiger partial charge >= 0.3 is 0 Å². The lowest BCUT2D eigenvalue weighted by Gasteiger charge is -2.13. The van der Waals surface area contributed by atoms with Gasteiger partial charge in [-0.1, -0.05) is 11.6 Å². The van der Waals surface area contributed by atoms with Gasteiger partial charge in [0.05, 0.1) is 7.11 Å². The molecule has 0 aliphatic heterocycles. The van der Waals surface area contributed by atoms with Gasteiger partial charge in [0.1, 0.15) is 5.75 Å². The number of benzene rings is 1. The molecule has 0 radical (unpaired) electrons. The largest absolute Gasteiger partial charge is 0.496 e. The summed E-state index contributed by atoms with van der Waals surface area (Å²) in [6.07, 6.45) is 3.28. The molecule has 0 saturated heterocycles. The fourth-order valence-electron chi connectivity index (χ4n) is 2.07. The Kier molecular flexibility index (Phi) is 3.41. The van der Waals surface area contributed by atoms with Crippen LogP contribution in [-0.2, 0) is 6.42 Å². The Morgan fingerprint density at radius 2 is 2.19 bits per heavy atom. The predicted octanol–water partition coefficient (Wildman–Crippen LogP) is 3.12. The average molecular weight is 240 g/mol. The van der Waals surface area contributed by atoms with Gasteiger partial charge in [0.15, 0.2) is 0 Å².